The van der Waals surface area contributed by atoms with Crippen molar-refractivity contribution in [2.75, 3.05) is 0 Å². The van der Waals surface area contributed by atoms with E-state index in [0.29, 0.717) is 0 Å². The van der Waals surface area contributed by atoms with Crippen LogP contribution in [0.4, 0.5) is 0 Å². The molecule has 2 aliphatic rings. The molecule has 1 heteroatoms. The number of fused-ring (bicyclic) bond motifs is 1. The highest BCUT2D eigenvalue weighted by molar-refractivity contribution is 4.82. The summed E-state index contributed by atoms with van der Waals surface area (Å²) in [7, 11) is 0. The summed E-state index contributed by atoms with van der Waals surface area (Å²) in [5, 5.41) is 2.73. The Morgan fingerprint density at radius 1 is 1.14 bits per heavy atom. The standard InChI is InChI=1S/C13H25N/c1-3-5-11-8-9-12-10(2)6-4-7-13(12)14-11/h10-14H,3-9H2,1-2H3/p+1/t10-,11-,12+,13-/m1/s1. The van der Waals surface area contributed by atoms with Crippen LogP contribution in [0.3, 0.4) is 0 Å². The summed E-state index contributed by atoms with van der Waals surface area (Å²) < 4.78 is 0. The van der Waals surface area contributed by atoms with Gasteiger partial charge >= 0.3 is 0 Å². The average Bonchev–Trinajstić information content (AvgIpc) is 2.18. The molecule has 0 aromatic rings. The topological polar surface area (TPSA) is 16.6 Å². The molecule has 1 nitrogen and oxygen atoms in total. The van der Waals surface area contributed by atoms with Crippen molar-refractivity contribution in [2.24, 2.45) is 11.8 Å². The van der Waals surface area contributed by atoms with Gasteiger partial charge in [0.05, 0.1) is 12.1 Å². The first-order valence-corrected chi connectivity index (χ1v) is 6.66. The van der Waals surface area contributed by atoms with Crippen LogP contribution in [0.2, 0.25) is 0 Å². The summed E-state index contributed by atoms with van der Waals surface area (Å²) >= 11 is 0. The van der Waals surface area contributed by atoms with Gasteiger partial charge in [-0.05, 0) is 44.4 Å². The third-order valence-electron chi connectivity index (χ3n) is 4.53. The summed E-state index contributed by atoms with van der Waals surface area (Å²) in [5.41, 5.74) is 0. The molecule has 0 bridgehead atoms. The fourth-order valence-corrected chi connectivity index (χ4v) is 3.73. The Bertz CT molecular complexity index is 178. The molecule has 0 aromatic heterocycles. The van der Waals surface area contributed by atoms with E-state index in [1.807, 2.05) is 0 Å². The lowest BCUT2D eigenvalue weighted by Gasteiger charge is -2.40. The number of hydrogen-bond acceptors (Lipinski definition) is 0. The molecule has 14 heavy (non-hydrogen) atoms. The fraction of sp³-hybridized carbons (Fsp3) is 1.00. The molecule has 4 atom stereocenters. The first-order chi connectivity index (χ1) is 6.81. The van der Waals surface area contributed by atoms with E-state index in [2.05, 4.69) is 19.2 Å². The average molecular weight is 196 g/mol. The normalized spacial score (nSPS) is 43.3. The third kappa shape index (κ3) is 2.13. The van der Waals surface area contributed by atoms with Gasteiger partial charge in [-0.2, -0.15) is 0 Å². The molecule has 2 N–H and O–H groups in total. The van der Waals surface area contributed by atoms with E-state index in [9.17, 15) is 0 Å². The Morgan fingerprint density at radius 3 is 2.79 bits per heavy atom. The molecule has 1 aliphatic carbocycles. The first-order valence-electron chi connectivity index (χ1n) is 6.66. The quantitative estimate of drug-likeness (QED) is 0.698. The van der Waals surface area contributed by atoms with E-state index in [4.69, 9.17) is 0 Å². The second-order valence-electron chi connectivity index (χ2n) is 5.55. The van der Waals surface area contributed by atoms with E-state index in [-0.39, 0.29) is 0 Å². The Hall–Kier alpha value is -0.0400. The second kappa shape index (κ2) is 4.65. The highest BCUT2D eigenvalue weighted by Gasteiger charge is 2.38. The van der Waals surface area contributed by atoms with E-state index in [1.165, 1.54) is 44.9 Å². The van der Waals surface area contributed by atoms with Crippen LogP contribution in [0, 0.1) is 11.8 Å². The lowest BCUT2D eigenvalue weighted by molar-refractivity contribution is -0.740. The van der Waals surface area contributed by atoms with Crippen molar-refractivity contribution in [1.29, 1.82) is 0 Å². The van der Waals surface area contributed by atoms with Crippen LogP contribution in [0.15, 0.2) is 0 Å². The highest BCUT2D eigenvalue weighted by atomic mass is 15.0. The molecule has 2 fully saturated rings. The van der Waals surface area contributed by atoms with Crippen LogP contribution in [0.1, 0.15) is 58.8 Å². The minimum atomic E-state index is 0.964. The molecule has 2 rings (SSSR count). The molecule has 0 amide bonds. The fourth-order valence-electron chi connectivity index (χ4n) is 3.73. The Balaban J connectivity index is 1.89. The Labute approximate surface area is 88.7 Å². The van der Waals surface area contributed by atoms with Gasteiger partial charge in [0.15, 0.2) is 0 Å². The van der Waals surface area contributed by atoms with Gasteiger partial charge in [-0.15, -0.1) is 0 Å². The van der Waals surface area contributed by atoms with Crippen LogP contribution < -0.4 is 5.32 Å². The molecular formula is C13H26N+. The molecule has 0 unspecified atom stereocenters. The number of piperidine rings is 1. The zero-order chi connectivity index (χ0) is 9.97. The summed E-state index contributed by atoms with van der Waals surface area (Å²) in [6.45, 7) is 4.80. The van der Waals surface area contributed by atoms with Crippen LogP contribution in [-0.2, 0) is 0 Å². The smallest absolute Gasteiger partial charge is 0.0892 e. The van der Waals surface area contributed by atoms with Gasteiger partial charge in [-0.1, -0.05) is 20.3 Å². The second-order valence-corrected chi connectivity index (χ2v) is 5.55. The lowest BCUT2D eigenvalue weighted by Crippen LogP contribution is -2.98. The van der Waals surface area contributed by atoms with Crippen molar-refractivity contribution in [1.82, 2.24) is 0 Å². The van der Waals surface area contributed by atoms with Crippen molar-refractivity contribution in [3.63, 3.8) is 0 Å². The zero-order valence-corrected chi connectivity index (χ0v) is 9.84. The van der Waals surface area contributed by atoms with Crippen LogP contribution in [-0.4, -0.2) is 12.1 Å². The van der Waals surface area contributed by atoms with Gasteiger partial charge < -0.3 is 5.32 Å². The van der Waals surface area contributed by atoms with Crippen molar-refractivity contribution in [2.45, 2.75) is 70.9 Å². The maximum atomic E-state index is 2.73. The number of hydrogen-bond donors (Lipinski definition) is 1. The third-order valence-corrected chi connectivity index (χ3v) is 4.53. The van der Waals surface area contributed by atoms with Gasteiger partial charge in [0.1, 0.15) is 0 Å². The van der Waals surface area contributed by atoms with Crippen molar-refractivity contribution < 1.29 is 5.32 Å². The molecule has 1 heterocycles. The van der Waals surface area contributed by atoms with Crippen LogP contribution in [0.5, 0.6) is 0 Å². The van der Waals surface area contributed by atoms with Crippen LogP contribution in [0.25, 0.3) is 0 Å². The first kappa shape index (κ1) is 10.5. The van der Waals surface area contributed by atoms with Gasteiger partial charge in [-0.3, -0.25) is 0 Å². The predicted molar refractivity (Wildman–Crippen MR) is 60.1 cm³/mol. The number of nitrogens with two attached hydrogens (primary N) is 1. The van der Waals surface area contributed by atoms with Crippen LogP contribution >= 0.6 is 0 Å². The maximum Gasteiger partial charge on any atom is 0.0892 e. The summed E-state index contributed by atoms with van der Waals surface area (Å²) in [5.74, 6) is 2.06. The van der Waals surface area contributed by atoms with Crippen molar-refractivity contribution >= 4 is 0 Å². The van der Waals surface area contributed by atoms with Crippen molar-refractivity contribution in [3.05, 3.63) is 0 Å². The molecule has 0 radical (unpaired) electrons. The Morgan fingerprint density at radius 2 is 2.00 bits per heavy atom. The van der Waals surface area contributed by atoms with Gasteiger partial charge in [0, 0.05) is 5.92 Å². The summed E-state index contributed by atoms with van der Waals surface area (Å²) in [4.78, 5) is 0. The predicted octanol–water partition coefficient (Wildman–Crippen LogP) is 2.32. The summed E-state index contributed by atoms with van der Waals surface area (Å²) in [6, 6.07) is 1.95. The van der Waals surface area contributed by atoms with E-state index in [1.54, 1.807) is 0 Å². The maximum absolute atomic E-state index is 2.73. The molecule has 1 aliphatic heterocycles. The number of quaternary nitrogens is 1. The van der Waals surface area contributed by atoms with Crippen molar-refractivity contribution in [3.8, 4) is 0 Å². The molecular weight excluding hydrogens is 170 g/mol. The molecule has 82 valence electrons. The molecule has 0 spiro atoms. The highest BCUT2D eigenvalue weighted by Crippen LogP contribution is 2.34. The lowest BCUT2D eigenvalue weighted by atomic mass is 9.71. The van der Waals surface area contributed by atoms with E-state index >= 15 is 0 Å². The summed E-state index contributed by atoms with van der Waals surface area (Å²) in [6.07, 6.45) is 10.3. The monoisotopic (exact) mass is 196 g/mol. The molecule has 1 saturated heterocycles. The SMILES string of the molecule is CCC[C@@H]1CC[C@H]2[C@H](C)CCC[C@H]2[NH2+]1. The largest absolute Gasteiger partial charge is 0.341 e. The van der Waals surface area contributed by atoms with E-state index in [0.717, 1.165) is 23.9 Å². The van der Waals surface area contributed by atoms with Gasteiger partial charge in [0.25, 0.3) is 0 Å². The Kier molecular flexibility index (Phi) is 3.48. The molecule has 0 aromatic carbocycles. The van der Waals surface area contributed by atoms with Gasteiger partial charge in [-0.25, -0.2) is 0 Å². The minimum absolute atomic E-state index is 0.964. The number of rotatable bonds is 2. The minimum Gasteiger partial charge on any atom is -0.341 e. The van der Waals surface area contributed by atoms with Gasteiger partial charge in [0.2, 0.25) is 0 Å². The van der Waals surface area contributed by atoms with E-state index < -0.39 is 0 Å². The zero-order valence-electron chi connectivity index (χ0n) is 9.84. The molecule has 1 saturated carbocycles.